The molecule has 0 unspecified atom stereocenters. The summed E-state index contributed by atoms with van der Waals surface area (Å²) in [4.78, 5) is 28.6. The maximum absolute atomic E-state index is 15.2. The van der Waals surface area contributed by atoms with Gasteiger partial charge in [0.05, 0.1) is 22.9 Å². The van der Waals surface area contributed by atoms with E-state index >= 15 is 4.39 Å². The molecule has 0 saturated heterocycles. The van der Waals surface area contributed by atoms with Gasteiger partial charge in [-0.1, -0.05) is 26.0 Å². The number of aromatic amines is 2. The Labute approximate surface area is 215 Å². The lowest BCUT2D eigenvalue weighted by Crippen LogP contribution is -2.17. The van der Waals surface area contributed by atoms with Gasteiger partial charge in [0, 0.05) is 46.5 Å². The number of hydrogen-bond donors (Lipinski definition) is 3. The summed E-state index contributed by atoms with van der Waals surface area (Å²) >= 11 is 0. The van der Waals surface area contributed by atoms with Crippen molar-refractivity contribution >= 4 is 33.5 Å². The average molecular weight is 510 g/mol. The van der Waals surface area contributed by atoms with Crippen molar-refractivity contribution in [2.24, 2.45) is 5.92 Å². The number of aromatic nitrogens is 6. The van der Waals surface area contributed by atoms with E-state index in [2.05, 4.69) is 30.5 Å². The Hall–Kier alpha value is -4.99. The van der Waals surface area contributed by atoms with Crippen molar-refractivity contribution in [1.82, 2.24) is 30.1 Å². The van der Waals surface area contributed by atoms with Crippen LogP contribution in [0.15, 0.2) is 67.1 Å². The number of nitrogens with zero attached hydrogens (tertiary/aromatic N) is 4. The van der Waals surface area contributed by atoms with Gasteiger partial charge in [0.1, 0.15) is 28.5 Å². The fourth-order valence-corrected chi connectivity index (χ4v) is 4.28. The van der Waals surface area contributed by atoms with E-state index in [4.69, 9.17) is 4.98 Å². The molecular weight excluding hydrogens is 488 g/mol. The molecule has 6 rings (SSSR count). The first kappa shape index (κ1) is 23.4. The monoisotopic (exact) mass is 509 g/mol. The quantitative estimate of drug-likeness (QED) is 0.260. The zero-order chi connectivity index (χ0) is 26.4. The minimum Gasteiger partial charge on any atom is -0.336 e. The molecule has 0 radical (unpaired) electrons. The largest absolute Gasteiger partial charge is 0.336 e. The molecule has 4 heterocycles. The molecule has 2 aromatic carbocycles. The number of fused-ring (bicyclic) bond motifs is 2. The summed E-state index contributed by atoms with van der Waals surface area (Å²) in [6.07, 6.45) is 4.63. The normalized spacial score (nSPS) is 11.5. The zero-order valence-corrected chi connectivity index (χ0v) is 20.4. The third kappa shape index (κ3) is 4.05. The van der Waals surface area contributed by atoms with Gasteiger partial charge in [0.25, 0.3) is 0 Å². The van der Waals surface area contributed by atoms with Crippen LogP contribution in [-0.4, -0.2) is 36.0 Å². The second kappa shape index (κ2) is 9.15. The SMILES string of the molecule is CC(C)C(=O)Nc1cncc(-c2cc3c(-c4nc5c(-c6ccccc6F)nccc5[nH]4)n[nH]c3cc2F)c1. The Bertz CT molecular complexity index is 1840. The molecule has 3 N–H and O–H groups in total. The molecule has 6 aromatic rings. The first-order valence-corrected chi connectivity index (χ1v) is 11.9. The number of amides is 1. The first-order valence-electron chi connectivity index (χ1n) is 11.9. The molecule has 188 valence electrons. The highest BCUT2D eigenvalue weighted by Gasteiger charge is 2.19. The van der Waals surface area contributed by atoms with Crippen LogP contribution in [0.4, 0.5) is 14.5 Å². The van der Waals surface area contributed by atoms with E-state index in [-0.39, 0.29) is 17.4 Å². The number of carbonyl (C=O) groups is 1. The number of benzene rings is 2. The van der Waals surface area contributed by atoms with Crippen molar-refractivity contribution in [1.29, 1.82) is 0 Å². The van der Waals surface area contributed by atoms with E-state index in [0.29, 0.717) is 56.0 Å². The highest BCUT2D eigenvalue weighted by atomic mass is 19.1. The van der Waals surface area contributed by atoms with Crippen molar-refractivity contribution in [3.63, 3.8) is 0 Å². The number of H-pyrrole nitrogens is 2. The molecule has 1 amide bonds. The molecule has 38 heavy (non-hydrogen) atoms. The topological polar surface area (TPSA) is 112 Å². The number of nitrogens with one attached hydrogen (secondary N) is 3. The molecule has 0 atom stereocenters. The van der Waals surface area contributed by atoms with E-state index in [1.165, 1.54) is 24.5 Å². The summed E-state index contributed by atoms with van der Waals surface area (Å²) in [6, 6.07) is 12.8. The predicted molar refractivity (Wildman–Crippen MR) is 141 cm³/mol. The van der Waals surface area contributed by atoms with E-state index in [1.807, 2.05) is 0 Å². The van der Waals surface area contributed by atoms with E-state index in [9.17, 15) is 9.18 Å². The highest BCUT2D eigenvalue weighted by molar-refractivity contribution is 5.98. The van der Waals surface area contributed by atoms with Crippen LogP contribution in [0.3, 0.4) is 0 Å². The van der Waals surface area contributed by atoms with E-state index in [1.54, 1.807) is 56.4 Å². The number of carbonyl (C=O) groups excluding carboxylic acids is 1. The maximum Gasteiger partial charge on any atom is 0.226 e. The molecule has 0 fully saturated rings. The van der Waals surface area contributed by atoms with Crippen molar-refractivity contribution in [2.75, 3.05) is 5.32 Å². The molecule has 8 nitrogen and oxygen atoms in total. The Morgan fingerprint density at radius 1 is 0.947 bits per heavy atom. The van der Waals surface area contributed by atoms with Crippen molar-refractivity contribution in [3.05, 3.63) is 78.8 Å². The molecule has 0 saturated carbocycles. The second-order valence-electron chi connectivity index (χ2n) is 9.18. The first-order chi connectivity index (χ1) is 18.4. The minimum absolute atomic E-state index is 0.161. The summed E-state index contributed by atoms with van der Waals surface area (Å²) in [6.45, 7) is 3.57. The zero-order valence-electron chi connectivity index (χ0n) is 20.4. The summed E-state index contributed by atoms with van der Waals surface area (Å²) < 4.78 is 29.7. The van der Waals surface area contributed by atoms with Crippen LogP contribution in [0, 0.1) is 17.6 Å². The molecule has 4 aromatic heterocycles. The van der Waals surface area contributed by atoms with Crippen molar-refractivity contribution in [2.45, 2.75) is 13.8 Å². The molecule has 0 aliphatic rings. The van der Waals surface area contributed by atoms with Crippen LogP contribution < -0.4 is 5.32 Å². The summed E-state index contributed by atoms with van der Waals surface area (Å²) in [5.74, 6) is -0.824. The fourth-order valence-electron chi connectivity index (χ4n) is 4.28. The van der Waals surface area contributed by atoms with Gasteiger partial charge in [0.15, 0.2) is 5.82 Å². The van der Waals surface area contributed by atoms with Gasteiger partial charge in [-0.15, -0.1) is 0 Å². The summed E-state index contributed by atoms with van der Waals surface area (Å²) in [5.41, 5.74) is 4.09. The average Bonchev–Trinajstić information content (AvgIpc) is 3.52. The van der Waals surface area contributed by atoms with E-state index in [0.717, 1.165) is 0 Å². The van der Waals surface area contributed by atoms with Gasteiger partial charge in [0.2, 0.25) is 5.91 Å². The predicted octanol–water partition coefficient (Wildman–Crippen LogP) is 6.10. The van der Waals surface area contributed by atoms with Gasteiger partial charge in [-0.2, -0.15) is 5.10 Å². The summed E-state index contributed by atoms with van der Waals surface area (Å²) in [7, 11) is 0. The lowest BCUT2D eigenvalue weighted by Gasteiger charge is -2.09. The van der Waals surface area contributed by atoms with Crippen molar-refractivity contribution in [3.8, 4) is 33.9 Å². The maximum atomic E-state index is 15.2. The fraction of sp³-hybridized carbons (Fsp3) is 0.107. The summed E-state index contributed by atoms with van der Waals surface area (Å²) in [5, 5.41) is 10.6. The van der Waals surface area contributed by atoms with Crippen molar-refractivity contribution < 1.29 is 13.6 Å². The Balaban J connectivity index is 1.45. The van der Waals surface area contributed by atoms with Crippen LogP contribution in [0.1, 0.15) is 13.8 Å². The second-order valence-corrected chi connectivity index (χ2v) is 9.18. The number of imidazole rings is 1. The van der Waals surface area contributed by atoms with Gasteiger partial charge < -0.3 is 10.3 Å². The minimum atomic E-state index is -0.475. The van der Waals surface area contributed by atoms with E-state index < -0.39 is 11.6 Å². The van der Waals surface area contributed by atoms with Crippen LogP contribution in [0.2, 0.25) is 0 Å². The van der Waals surface area contributed by atoms with Crippen LogP contribution in [-0.2, 0) is 4.79 Å². The Morgan fingerprint density at radius 2 is 1.79 bits per heavy atom. The van der Waals surface area contributed by atoms with Crippen LogP contribution >= 0.6 is 0 Å². The highest BCUT2D eigenvalue weighted by Crippen LogP contribution is 2.34. The van der Waals surface area contributed by atoms with Gasteiger partial charge >= 0.3 is 0 Å². The molecule has 0 aliphatic heterocycles. The number of pyridine rings is 2. The van der Waals surface area contributed by atoms with Gasteiger partial charge in [-0.25, -0.2) is 13.8 Å². The molecule has 10 heteroatoms. The Morgan fingerprint density at radius 3 is 2.61 bits per heavy atom. The molecule has 0 spiro atoms. The van der Waals surface area contributed by atoms with Gasteiger partial charge in [-0.3, -0.25) is 19.9 Å². The number of hydrogen-bond acceptors (Lipinski definition) is 5. The smallest absolute Gasteiger partial charge is 0.226 e. The number of rotatable bonds is 5. The van der Waals surface area contributed by atoms with Gasteiger partial charge in [-0.05, 0) is 30.3 Å². The number of halogens is 2. The Kier molecular flexibility index (Phi) is 5.64. The third-order valence-corrected chi connectivity index (χ3v) is 6.25. The third-order valence-electron chi connectivity index (χ3n) is 6.25. The molecule has 0 aliphatic carbocycles. The lowest BCUT2D eigenvalue weighted by atomic mass is 10.0. The number of anilines is 1. The standard InChI is InChI=1S/C28H21F2N7O/c1-14(2)28(38)33-16-9-15(12-31-13-16)18-10-19-23(11-21(18)30)36-37-25(19)27-34-22-7-8-32-24(26(22)35-27)17-5-3-4-6-20(17)29/h3-14H,1-2H3,(H,33,38)(H,34,35)(H,36,37). The van der Waals surface area contributed by atoms with Crippen LogP contribution in [0.5, 0.6) is 0 Å². The molecular formula is C28H21F2N7O. The van der Waals surface area contributed by atoms with Crippen LogP contribution in [0.25, 0.3) is 55.8 Å². The lowest BCUT2D eigenvalue weighted by molar-refractivity contribution is -0.118. The molecule has 0 bridgehead atoms.